The van der Waals surface area contributed by atoms with Gasteiger partial charge in [-0.05, 0) is 25.7 Å². The van der Waals surface area contributed by atoms with Crippen molar-refractivity contribution in [1.29, 1.82) is 0 Å². The van der Waals surface area contributed by atoms with Crippen LogP contribution in [0.25, 0.3) is 0 Å². The van der Waals surface area contributed by atoms with E-state index in [2.05, 4.69) is 0 Å². The number of amides is 2. The lowest BCUT2D eigenvalue weighted by Gasteiger charge is -2.39. The van der Waals surface area contributed by atoms with E-state index in [0.717, 1.165) is 38.8 Å². The first-order chi connectivity index (χ1) is 7.69. The molecular formula is C12H23N3O. The summed E-state index contributed by atoms with van der Waals surface area (Å²) in [6, 6.07) is 0.185. The van der Waals surface area contributed by atoms with Gasteiger partial charge in [0.2, 0.25) is 0 Å². The van der Waals surface area contributed by atoms with Gasteiger partial charge in [0.15, 0.2) is 0 Å². The van der Waals surface area contributed by atoms with Gasteiger partial charge in [-0.2, -0.15) is 0 Å². The third-order valence-electron chi connectivity index (χ3n) is 4.29. The second-order valence-corrected chi connectivity index (χ2v) is 5.17. The van der Waals surface area contributed by atoms with Crippen LogP contribution in [0.3, 0.4) is 0 Å². The summed E-state index contributed by atoms with van der Waals surface area (Å²) in [5.74, 6) is 0. The molecule has 1 saturated heterocycles. The van der Waals surface area contributed by atoms with Crippen molar-refractivity contribution in [3.63, 3.8) is 0 Å². The first-order valence-electron chi connectivity index (χ1n) is 6.42. The lowest BCUT2D eigenvalue weighted by atomic mass is 9.96. The summed E-state index contributed by atoms with van der Waals surface area (Å²) in [6.45, 7) is 2.44. The van der Waals surface area contributed by atoms with Crippen LogP contribution in [0.15, 0.2) is 0 Å². The molecule has 0 radical (unpaired) electrons. The third kappa shape index (κ3) is 1.90. The molecule has 0 aromatic heterocycles. The molecular weight excluding hydrogens is 202 g/mol. The molecule has 2 rings (SSSR count). The zero-order valence-corrected chi connectivity index (χ0v) is 10.2. The topological polar surface area (TPSA) is 49.6 Å². The Bertz CT molecular complexity index is 255. The second kappa shape index (κ2) is 4.62. The molecule has 1 aliphatic carbocycles. The average molecular weight is 225 g/mol. The first-order valence-corrected chi connectivity index (χ1v) is 6.42. The Balaban J connectivity index is 2.04. The lowest BCUT2D eigenvalue weighted by molar-refractivity contribution is 0.114. The first kappa shape index (κ1) is 11.7. The molecule has 0 bridgehead atoms. The zero-order chi connectivity index (χ0) is 11.6. The summed E-state index contributed by atoms with van der Waals surface area (Å²) in [4.78, 5) is 16.2. The Morgan fingerprint density at radius 2 is 1.81 bits per heavy atom. The van der Waals surface area contributed by atoms with Crippen LogP contribution in [-0.4, -0.2) is 48.1 Å². The Labute approximate surface area is 97.8 Å². The van der Waals surface area contributed by atoms with Crippen molar-refractivity contribution < 1.29 is 4.79 Å². The molecule has 1 heterocycles. The van der Waals surface area contributed by atoms with E-state index in [9.17, 15) is 4.79 Å². The third-order valence-corrected chi connectivity index (χ3v) is 4.29. The molecule has 16 heavy (non-hydrogen) atoms. The highest BCUT2D eigenvalue weighted by Gasteiger charge is 2.40. The number of urea groups is 1. The Morgan fingerprint density at radius 1 is 1.25 bits per heavy atom. The largest absolute Gasteiger partial charge is 0.328 e. The minimum atomic E-state index is -0.0559. The van der Waals surface area contributed by atoms with Crippen molar-refractivity contribution in [3.8, 4) is 0 Å². The SMILES string of the molecule is CN(C(=O)N1CCCC1)C1(CN)CCCC1. The van der Waals surface area contributed by atoms with Crippen LogP contribution < -0.4 is 5.73 Å². The van der Waals surface area contributed by atoms with Gasteiger partial charge in [0.05, 0.1) is 5.54 Å². The average Bonchev–Trinajstić information content (AvgIpc) is 2.98. The standard InChI is InChI=1S/C12H23N3O/c1-14(11(16)15-8-4-5-9-15)12(10-13)6-2-3-7-12/h2-10,13H2,1H3. The summed E-state index contributed by atoms with van der Waals surface area (Å²) in [5.41, 5.74) is 5.84. The number of carbonyl (C=O) groups is 1. The fourth-order valence-electron chi connectivity index (χ4n) is 3.03. The van der Waals surface area contributed by atoms with Crippen LogP contribution in [0, 0.1) is 0 Å². The van der Waals surface area contributed by atoms with E-state index in [4.69, 9.17) is 5.73 Å². The lowest BCUT2D eigenvalue weighted by Crippen LogP contribution is -2.56. The van der Waals surface area contributed by atoms with Crippen LogP contribution in [0.5, 0.6) is 0 Å². The maximum absolute atomic E-state index is 12.3. The smallest absolute Gasteiger partial charge is 0.320 e. The number of nitrogens with two attached hydrogens (primary N) is 1. The van der Waals surface area contributed by atoms with Crippen molar-refractivity contribution in [2.24, 2.45) is 5.73 Å². The minimum absolute atomic E-state index is 0.0559. The molecule has 4 nitrogen and oxygen atoms in total. The van der Waals surface area contributed by atoms with Gasteiger partial charge in [0.25, 0.3) is 0 Å². The van der Waals surface area contributed by atoms with Gasteiger partial charge in [-0.15, -0.1) is 0 Å². The summed E-state index contributed by atoms with van der Waals surface area (Å²) in [6.07, 6.45) is 6.84. The van der Waals surface area contributed by atoms with E-state index in [1.165, 1.54) is 12.8 Å². The van der Waals surface area contributed by atoms with Gasteiger partial charge in [-0.25, -0.2) is 4.79 Å². The number of nitrogens with zero attached hydrogens (tertiary/aromatic N) is 2. The van der Waals surface area contributed by atoms with Crippen molar-refractivity contribution in [3.05, 3.63) is 0 Å². The predicted octanol–water partition coefficient (Wildman–Crippen LogP) is 1.41. The van der Waals surface area contributed by atoms with Gasteiger partial charge >= 0.3 is 6.03 Å². The summed E-state index contributed by atoms with van der Waals surface area (Å²) in [5, 5.41) is 0. The molecule has 92 valence electrons. The van der Waals surface area contributed by atoms with Gasteiger partial charge in [-0.3, -0.25) is 0 Å². The number of likely N-dealkylation sites (tertiary alicyclic amines) is 1. The predicted molar refractivity (Wildman–Crippen MR) is 64.2 cm³/mol. The van der Waals surface area contributed by atoms with E-state index in [0.29, 0.717) is 6.54 Å². The minimum Gasteiger partial charge on any atom is -0.328 e. The molecule has 4 heteroatoms. The van der Waals surface area contributed by atoms with Crippen molar-refractivity contribution in [1.82, 2.24) is 9.80 Å². The molecule has 2 N–H and O–H groups in total. The number of carbonyl (C=O) groups excluding carboxylic acids is 1. The van der Waals surface area contributed by atoms with Crippen LogP contribution in [-0.2, 0) is 0 Å². The monoisotopic (exact) mass is 225 g/mol. The maximum atomic E-state index is 12.3. The number of rotatable bonds is 2. The highest BCUT2D eigenvalue weighted by molar-refractivity contribution is 5.75. The quantitative estimate of drug-likeness (QED) is 0.772. The molecule has 2 fully saturated rings. The van der Waals surface area contributed by atoms with Gasteiger partial charge < -0.3 is 15.5 Å². The molecule has 0 aromatic carbocycles. The molecule has 0 aromatic rings. The van der Waals surface area contributed by atoms with E-state index in [1.807, 2.05) is 16.8 Å². The normalized spacial score (nSPS) is 23.8. The van der Waals surface area contributed by atoms with Gasteiger partial charge in [0, 0.05) is 26.7 Å². The number of hydrogen-bond acceptors (Lipinski definition) is 2. The van der Waals surface area contributed by atoms with Gasteiger partial charge in [-0.1, -0.05) is 12.8 Å². The zero-order valence-electron chi connectivity index (χ0n) is 10.2. The maximum Gasteiger partial charge on any atom is 0.320 e. The van der Waals surface area contributed by atoms with Crippen molar-refractivity contribution >= 4 is 6.03 Å². The van der Waals surface area contributed by atoms with Crippen LogP contribution in [0.2, 0.25) is 0 Å². The van der Waals surface area contributed by atoms with Gasteiger partial charge in [0.1, 0.15) is 0 Å². The highest BCUT2D eigenvalue weighted by atomic mass is 16.2. The van der Waals surface area contributed by atoms with E-state index in [1.54, 1.807) is 0 Å². The molecule has 1 aliphatic heterocycles. The summed E-state index contributed by atoms with van der Waals surface area (Å²) >= 11 is 0. The van der Waals surface area contributed by atoms with Crippen molar-refractivity contribution in [2.45, 2.75) is 44.1 Å². The molecule has 0 atom stereocenters. The fourth-order valence-corrected chi connectivity index (χ4v) is 3.03. The van der Waals surface area contributed by atoms with E-state index < -0.39 is 0 Å². The number of hydrogen-bond donors (Lipinski definition) is 1. The van der Waals surface area contributed by atoms with Crippen LogP contribution >= 0.6 is 0 Å². The molecule has 0 unspecified atom stereocenters. The highest BCUT2D eigenvalue weighted by Crippen LogP contribution is 2.34. The van der Waals surface area contributed by atoms with Crippen molar-refractivity contribution in [2.75, 3.05) is 26.7 Å². The Hall–Kier alpha value is -0.770. The van der Waals surface area contributed by atoms with Crippen LogP contribution in [0.4, 0.5) is 4.79 Å². The molecule has 2 amide bonds. The Kier molecular flexibility index (Phi) is 3.38. The van der Waals surface area contributed by atoms with E-state index in [-0.39, 0.29) is 11.6 Å². The molecule has 0 spiro atoms. The number of likely N-dealkylation sites (N-methyl/N-ethyl adjacent to an activating group) is 1. The Morgan fingerprint density at radius 3 is 2.31 bits per heavy atom. The molecule has 2 aliphatic rings. The fraction of sp³-hybridized carbons (Fsp3) is 0.917. The summed E-state index contributed by atoms with van der Waals surface area (Å²) in [7, 11) is 1.93. The second-order valence-electron chi connectivity index (χ2n) is 5.17. The summed E-state index contributed by atoms with van der Waals surface area (Å²) < 4.78 is 0. The molecule has 1 saturated carbocycles. The van der Waals surface area contributed by atoms with E-state index >= 15 is 0 Å². The van der Waals surface area contributed by atoms with Crippen LogP contribution in [0.1, 0.15) is 38.5 Å².